The first-order chi connectivity index (χ1) is 14.6. The number of fused-ring (bicyclic) bond motifs is 1. The largest absolute Gasteiger partial charge is 0.323 e. The maximum atomic E-state index is 12.5. The average Bonchev–Trinajstić information content (AvgIpc) is 3.39. The lowest BCUT2D eigenvalue weighted by Crippen LogP contribution is -2.43. The van der Waals surface area contributed by atoms with E-state index in [1.165, 1.54) is 4.90 Å². The van der Waals surface area contributed by atoms with Crippen LogP contribution in [0, 0.1) is 11.8 Å². The van der Waals surface area contributed by atoms with Gasteiger partial charge in [0, 0.05) is 25.4 Å². The predicted molar refractivity (Wildman–Crippen MR) is 108 cm³/mol. The van der Waals surface area contributed by atoms with Crippen LogP contribution in [-0.2, 0) is 14.4 Å². The molecular weight excluding hydrogens is 384 g/mol. The van der Waals surface area contributed by atoms with Crippen LogP contribution in [0.3, 0.4) is 0 Å². The molecule has 0 radical (unpaired) electrons. The molecule has 1 aliphatic carbocycles. The Bertz CT molecular complexity index is 945. The number of para-hydroxylation sites is 1. The molecule has 0 bridgehead atoms. The van der Waals surface area contributed by atoms with Crippen molar-refractivity contribution in [3.8, 4) is 5.69 Å². The third kappa shape index (κ3) is 3.85. The van der Waals surface area contributed by atoms with E-state index in [9.17, 15) is 19.2 Å². The van der Waals surface area contributed by atoms with Crippen LogP contribution in [0.25, 0.3) is 5.69 Å². The number of carbonyl (C=O) groups is 4. The summed E-state index contributed by atoms with van der Waals surface area (Å²) >= 11 is 0. The van der Waals surface area contributed by atoms with Gasteiger partial charge >= 0.3 is 0 Å². The van der Waals surface area contributed by atoms with Crippen molar-refractivity contribution < 1.29 is 19.2 Å². The molecule has 1 saturated carbocycles. The Morgan fingerprint density at radius 3 is 2.20 bits per heavy atom. The zero-order valence-electron chi connectivity index (χ0n) is 16.5. The highest BCUT2D eigenvalue weighted by Crippen LogP contribution is 2.37. The number of carbonyl (C=O) groups excluding carboxylic acids is 4. The van der Waals surface area contributed by atoms with Gasteiger partial charge in [-0.25, -0.2) is 0 Å². The van der Waals surface area contributed by atoms with Crippen molar-refractivity contribution in [2.75, 3.05) is 6.54 Å². The molecule has 0 unspecified atom stereocenters. The van der Waals surface area contributed by atoms with Crippen LogP contribution in [0.2, 0.25) is 0 Å². The number of imide groups is 1. The van der Waals surface area contributed by atoms with Gasteiger partial charge in [0.15, 0.2) is 0 Å². The van der Waals surface area contributed by atoms with Crippen molar-refractivity contribution >= 4 is 23.6 Å². The Morgan fingerprint density at radius 1 is 0.900 bits per heavy atom. The van der Waals surface area contributed by atoms with E-state index in [1.54, 1.807) is 22.8 Å². The highest BCUT2D eigenvalue weighted by Gasteiger charge is 2.47. The van der Waals surface area contributed by atoms with E-state index in [2.05, 4.69) is 10.9 Å². The maximum absolute atomic E-state index is 12.5. The SMILES string of the molecule is O=C(CCN1C(=O)[C@H]2CCCC[C@@H]2C1=O)NNC(=O)c1ccccc1-n1cccc1. The maximum Gasteiger partial charge on any atom is 0.271 e. The van der Waals surface area contributed by atoms with Crippen molar-refractivity contribution in [3.63, 3.8) is 0 Å². The fourth-order valence-electron chi connectivity index (χ4n) is 4.31. The number of hydrazine groups is 1. The fraction of sp³-hybridized carbons (Fsp3) is 0.364. The molecule has 2 fully saturated rings. The number of amides is 4. The molecule has 8 heteroatoms. The van der Waals surface area contributed by atoms with Crippen molar-refractivity contribution in [1.29, 1.82) is 0 Å². The van der Waals surface area contributed by atoms with E-state index in [0.29, 0.717) is 11.3 Å². The molecule has 30 heavy (non-hydrogen) atoms. The van der Waals surface area contributed by atoms with Crippen LogP contribution in [0.5, 0.6) is 0 Å². The minimum Gasteiger partial charge on any atom is -0.323 e. The van der Waals surface area contributed by atoms with E-state index in [-0.39, 0.29) is 36.6 Å². The lowest BCUT2D eigenvalue weighted by atomic mass is 9.81. The van der Waals surface area contributed by atoms with Gasteiger partial charge in [0.25, 0.3) is 5.91 Å². The zero-order chi connectivity index (χ0) is 21.1. The predicted octanol–water partition coefficient (Wildman–Crippen LogP) is 1.80. The first-order valence-electron chi connectivity index (χ1n) is 10.2. The quantitative estimate of drug-likeness (QED) is 0.582. The summed E-state index contributed by atoms with van der Waals surface area (Å²) in [7, 11) is 0. The van der Waals surface area contributed by atoms with E-state index in [1.807, 2.05) is 30.6 Å². The minimum atomic E-state index is -0.461. The number of hydrogen-bond donors (Lipinski definition) is 2. The minimum absolute atomic E-state index is 0.0341. The molecule has 1 aromatic carbocycles. The molecule has 2 aliphatic rings. The number of benzene rings is 1. The highest BCUT2D eigenvalue weighted by molar-refractivity contribution is 6.05. The lowest BCUT2D eigenvalue weighted by molar-refractivity contribution is -0.140. The van der Waals surface area contributed by atoms with Gasteiger partial charge in [-0.15, -0.1) is 0 Å². The first-order valence-corrected chi connectivity index (χ1v) is 10.2. The van der Waals surface area contributed by atoms with Gasteiger partial charge in [-0.1, -0.05) is 25.0 Å². The second-order valence-electron chi connectivity index (χ2n) is 7.69. The summed E-state index contributed by atoms with van der Waals surface area (Å²) in [5.74, 6) is -1.69. The van der Waals surface area contributed by atoms with E-state index < -0.39 is 11.8 Å². The normalized spacial score (nSPS) is 20.7. The van der Waals surface area contributed by atoms with Crippen LogP contribution in [0.15, 0.2) is 48.8 Å². The summed E-state index contributed by atoms with van der Waals surface area (Å²) in [4.78, 5) is 50.9. The average molecular weight is 408 g/mol. The molecule has 2 N–H and O–H groups in total. The number of aromatic nitrogens is 1. The topological polar surface area (TPSA) is 101 Å². The fourth-order valence-corrected chi connectivity index (χ4v) is 4.31. The summed E-state index contributed by atoms with van der Waals surface area (Å²) in [6, 6.07) is 10.8. The molecule has 2 atom stereocenters. The van der Waals surface area contributed by atoms with Gasteiger partial charge in [0.1, 0.15) is 0 Å². The lowest BCUT2D eigenvalue weighted by Gasteiger charge is -2.19. The Labute approximate surface area is 174 Å². The van der Waals surface area contributed by atoms with Gasteiger partial charge in [-0.3, -0.25) is 34.9 Å². The molecule has 156 valence electrons. The summed E-state index contributed by atoms with van der Waals surface area (Å²) in [5.41, 5.74) is 5.87. The van der Waals surface area contributed by atoms with E-state index in [4.69, 9.17) is 0 Å². The van der Waals surface area contributed by atoms with Crippen LogP contribution < -0.4 is 10.9 Å². The van der Waals surface area contributed by atoms with Crippen LogP contribution >= 0.6 is 0 Å². The molecule has 1 aromatic heterocycles. The van der Waals surface area contributed by atoms with Gasteiger partial charge < -0.3 is 4.57 Å². The zero-order valence-corrected chi connectivity index (χ0v) is 16.5. The third-order valence-corrected chi connectivity index (χ3v) is 5.84. The van der Waals surface area contributed by atoms with Crippen molar-refractivity contribution in [2.24, 2.45) is 11.8 Å². The molecular formula is C22H24N4O4. The summed E-state index contributed by atoms with van der Waals surface area (Å²) < 4.78 is 1.81. The van der Waals surface area contributed by atoms with Crippen LogP contribution in [0.1, 0.15) is 42.5 Å². The van der Waals surface area contributed by atoms with Crippen molar-refractivity contribution in [1.82, 2.24) is 20.3 Å². The Hall–Kier alpha value is -3.42. The molecule has 1 saturated heterocycles. The van der Waals surface area contributed by atoms with Gasteiger partial charge in [0.05, 0.1) is 23.1 Å². The molecule has 2 aromatic rings. The van der Waals surface area contributed by atoms with E-state index in [0.717, 1.165) is 25.7 Å². The summed E-state index contributed by atoms with van der Waals surface area (Å²) in [6.45, 7) is 0.0341. The smallest absolute Gasteiger partial charge is 0.271 e. The number of likely N-dealkylation sites (tertiary alicyclic amines) is 1. The summed E-state index contributed by atoms with van der Waals surface area (Å²) in [6.07, 6.45) is 7.01. The van der Waals surface area contributed by atoms with E-state index >= 15 is 0 Å². The Kier molecular flexibility index (Phi) is 5.65. The number of nitrogens with zero attached hydrogens (tertiary/aromatic N) is 2. The second-order valence-corrected chi connectivity index (χ2v) is 7.69. The highest BCUT2D eigenvalue weighted by atomic mass is 16.2. The number of hydrogen-bond acceptors (Lipinski definition) is 4. The van der Waals surface area contributed by atoms with Gasteiger partial charge in [0.2, 0.25) is 17.7 Å². The van der Waals surface area contributed by atoms with Crippen molar-refractivity contribution in [3.05, 3.63) is 54.4 Å². The molecule has 8 nitrogen and oxygen atoms in total. The Morgan fingerprint density at radius 2 is 1.53 bits per heavy atom. The number of rotatable bonds is 5. The standard InChI is InChI=1S/C22H24N4O4/c27-19(11-14-26-21(29)15-7-1-2-8-16(15)22(26)30)23-24-20(28)17-9-3-4-10-18(17)25-12-5-6-13-25/h3-6,9-10,12-13,15-16H,1-2,7-8,11,14H2,(H,23,27)(H,24,28)/t15-,16-/m0/s1. The van der Waals surface area contributed by atoms with Crippen LogP contribution in [0.4, 0.5) is 0 Å². The third-order valence-electron chi connectivity index (χ3n) is 5.84. The molecule has 2 heterocycles. The monoisotopic (exact) mass is 408 g/mol. The van der Waals surface area contributed by atoms with Gasteiger partial charge in [-0.2, -0.15) is 0 Å². The molecule has 4 amide bonds. The first kappa shape index (κ1) is 19.9. The van der Waals surface area contributed by atoms with Crippen molar-refractivity contribution in [2.45, 2.75) is 32.1 Å². The number of nitrogens with one attached hydrogen (secondary N) is 2. The summed E-state index contributed by atoms with van der Waals surface area (Å²) in [5, 5.41) is 0. The van der Waals surface area contributed by atoms with Gasteiger partial charge in [-0.05, 0) is 37.1 Å². The Balaban J connectivity index is 1.31. The second kappa shape index (κ2) is 8.52. The van der Waals surface area contributed by atoms with Crippen LogP contribution in [-0.4, -0.2) is 39.6 Å². The molecule has 4 rings (SSSR count). The molecule has 0 spiro atoms. The molecule has 1 aliphatic heterocycles.